The van der Waals surface area contributed by atoms with Crippen molar-refractivity contribution in [1.82, 2.24) is 9.55 Å². The van der Waals surface area contributed by atoms with Gasteiger partial charge in [-0.05, 0) is 39.8 Å². The summed E-state index contributed by atoms with van der Waals surface area (Å²) in [7, 11) is 0. The molecule has 0 unspecified atom stereocenters. The summed E-state index contributed by atoms with van der Waals surface area (Å²) in [6.45, 7) is 9.19. The van der Waals surface area contributed by atoms with Gasteiger partial charge in [0.1, 0.15) is 5.75 Å². The Bertz CT molecular complexity index is 494. The van der Waals surface area contributed by atoms with Gasteiger partial charge in [-0.3, -0.25) is 0 Å². The Morgan fingerprint density at radius 1 is 1.31 bits per heavy atom. The van der Waals surface area contributed by atoms with Crippen LogP contribution in [0.4, 0.5) is 0 Å². The fourth-order valence-corrected chi connectivity index (χ4v) is 1.78. The molecule has 0 spiro atoms. The van der Waals surface area contributed by atoms with Crippen LogP contribution in [0.3, 0.4) is 0 Å². The monoisotopic (exact) mass is 218 g/mol. The number of rotatable bonds is 2. The van der Waals surface area contributed by atoms with Gasteiger partial charge in [-0.1, -0.05) is 0 Å². The second-order valence-corrected chi connectivity index (χ2v) is 4.87. The molecule has 0 radical (unpaired) electrons. The number of fused-ring (bicyclic) bond motifs is 1. The molecule has 0 aliphatic heterocycles. The topological polar surface area (TPSA) is 27.1 Å². The first-order valence-corrected chi connectivity index (χ1v) is 5.63. The molecule has 3 nitrogen and oxygen atoms in total. The van der Waals surface area contributed by atoms with Gasteiger partial charge in [-0.2, -0.15) is 0 Å². The number of hydrogen-bond donors (Lipinski definition) is 0. The van der Waals surface area contributed by atoms with E-state index in [9.17, 15) is 0 Å². The lowest BCUT2D eigenvalue weighted by molar-refractivity contribution is 0.340. The van der Waals surface area contributed by atoms with Crippen LogP contribution in [0.5, 0.6) is 5.75 Å². The van der Waals surface area contributed by atoms with E-state index in [0.717, 1.165) is 16.8 Å². The molecule has 86 valence electrons. The average molecular weight is 218 g/mol. The lowest BCUT2D eigenvalue weighted by atomic mass is 10.1. The summed E-state index contributed by atoms with van der Waals surface area (Å²) in [6.07, 6.45) is 1.89. The van der Waals surface area contributed by atoms with E-state index in [1.54, 1.807) is 0 Å². The highest BCUT2D eigenvalue weighted by atomic mass is 16.5. The number of aromatic nitrogens is 2. The lowest BCUT2D eigenvalue weighted by Gasteiger charge is -2.21. The molecule has 0 amide bonds. The van der Waals surface area contributed by atoms with Crippen molar-refractivity contribution in [3.05, 3.63) is 24.5 Å². The Kier molecular flexibility index (Phi) is 2.62. The highest BCUT2D eigenvalue weighted by Gasteiger charge is 2.16. The fourth-order valence-electron chi connectivity index (χ4n) is 1.78. The normalized spacial score (nSPS) is 12.0. The van der Waals surface area contributed by atoms with Crippen LogP contribution in [0.15, 0.2) is 24.5 Å². The smallest absolute Gasteiger partial charge is 0.121 e. The number of nitrogens with zero attached hydrogens (tertiary/aromatic N) is 2. The third-order valence-electron chi connectivity index (χ3n) is 2.55. The lowest BCUT2D eigenvalue weighted by Crippen LogP contribution is -2.20. The van der Waals surface area contributed by atoms with Crippen molar-refractivity contribution in [1.29, 1.82) is 0 Å². The number of ether oxygens (including phenoxy) is 1. The van der Waals surface area contributed by atoms with E-state index in [2.05, 4.69) is 36.4 Å². The molecule has 0 aliphatic carbocycles. The molecule has 1 aromatic heterocycles. The summed E-state index contributed by atoms with van der Waals surface area (Å²) >= 11 is 0. The zero-order chi connectivity index (χ0) is 11.8. The summed E-state index contributed by atoms with van der Waals surface area (Å²) in [5.41, 5.74) is 2.18. The SMILES string of the molecule is CCOc1ccc2ncn(C(C)(C)C)c2c1. The van der Waals surface area contributed by atoms with Gasteiger partial charge in [0.15, 0.2) is 0 Å². The molecule has 0 aliphatic rings. The van der Waals surface area contributed by atoms with Crippen LogP contribution in [0.1, 0.15) is 27.7 Å². The third-order valence-corrected chi connectivity index (χ3v) is 2.55. The number of hydrogen-bond acceptors (Lipinski definition) is 2. The molecule has 1 heterocycles. The second-order valence-electron chi connectivity index (χ2n) is 4.87. The molecule has 16 heavy (non-hydrogen) atoms. The first-order chi connectivity index (χ1) is 7.52. The minimum absolute atomic E-state index is 0.0413. The minimum Gasteiger partial charge on any atom is -0.494 e. The first kappa shape index (κ1) is 11.0. The van der Waals surface area contributed by atoms with Gasteiger partial charge >= 0.3 is 0 Å². The number of imidazole rings is 1. The first-order valence-electron chi connectivity index (χ1n) is 5.63. The Morgan fingerprint density at radius 3 is 2.69 bits per heavy atom. The molecule has 3 heteroatoms. The van der Waals surface area contributed by atoms with E-state index < -0.39 is 0 Å². The van der Waals surface area contributed by atoms with Crippen LogP contribution in [0.2, 0.25) is 0 Å². The quantitative estimate of drug-likeness (QED) is 0.774. The van der Waals surface area contributed by atoms with Gasteiger partial charge in [0.05, 0.1) is 24.0 Å². The third kappa shape index (κ3) is 1.90. The van der Waals surface area contributed by atoms with Gasteiger partial charge in [0, 0.05) is 11.6 Å². The van der Waals surface area contributed by atoms with Crippen molar-refractivity contribution < 1.29 is 4.74 Å². The van der Waals surface area contributed by atoms with E-state index in [1.165, 1.54) is 0 Å². The summed E-state index contributed by atoms with van der Waals surface area (Å²) in [4.78, 5) is 4.39. The van der Waals surface area contributed by atoms with Gasteiger partial charge in [-0.25, -0.2) is 4.98 Å². The summed E-state index contributed by atoms with van der Waals surface area (Å²) in [5.74, 6) is 0.904. The summed E-state index contributed by atoms with van der Waals surface area (Å²) in [6, 6.07) is 6.02. The molecule has 2 rings (SSSR count). The molecule has 2 aromatic rings. The van der Waals surface area contributed by atoms with Crippen LogP contribution in [-0.4, -0.2) is 16.2 Å². The van der Waals surface area contributed by atoms with Gasteiger partial charge in [0.25, 0.3) is 0 Å². The van der Waals surface area contributed by atoms with Gasteiger partial charge < -0.3 is 9.30 Å². The van der Waals surface area contributed by atoms with Crippen molar-refractivity contribution in [3.63, 3.8) is 0 Å². The highest BCUT2D eigenvalue weighted by molar-refractivity contribution is 5.77. The molecule has 0 saturated carbocycles. The minimum atomic E-state index is 0.0413. The molecule has 0 atom stereocenters. The van der Waals surface area contributed by atoms with Crippen molar-refractivity contribution >= 4 is 11.0 Å². The Balaban J connectivity index is 2.56. The average Bonchev–Trinajstić information content (AvgIpc) is 2.60. The van der Waals surface area contributed by atoms with E-state index >= 15 is 0 Å². The van der Waals surface area contributed by atoms with Crippen molar-refractivity contribution in [2.45, 2.75) is 33.2 Å². The molecular formula is C13H18N2O. The van der Waals surface area contributed by atoms with Crippen molar-refractivity contribution in [2.24, 2.45) is 0 Å². The second kappa shape index (κ2) is 3.81. The molecule has 0 fully saturated rings. The van der Waals surface area contributed by atoms with Crippen molar-refractivity contribution in [3.8, 4) is 5.75 Å². The largest absolute Gasteiger partial charge is 0.494 e. The van der Waals surface area contributed by atoms with Crippen LogP contribution >= 0.6 is 0 Å². The maximum absolute atomic E-state index is 5.51. The maximum Gasteiger partial charge on any atom is 0.121 e. The van der Waals surface area contributed by atoms with E-state index in [4.69, 9.17) is 4.74 Å². The highest BCUT2D eigenvalue weighted by Crippen LogP contribution is 2.25. The summed E-state index contributed by atoms with van der Waals surface area (Å²) < 4.78 is 7.68. The Hall–Kier alpha value is -1.51. The van der Waals surface area contributed by atoms with Crippen LogP contribution < -0.4 is 4.74 Å². The summed E-state index contributed by atoms with van der Waals surface area (Å²) in [5, 5.41) is 0. The zero-order valence-corrected chi connectivity index (χ0v) is 10.3. The molecule has 0 saturated heterocycles. The Labute approximate surface area is 96.1 Å². The molecule has 0 N–H and O–H groups in total. The van der Waals surface area contributed by atoms with E-state index in [1.807, 2.05) is 25.4 Å². The van der Waals surface area contributed by atoms with Gasteiger partial charge in [0.2, 0.25) is 0 Å². The van der Waals surface area contributed by atoms with Gasteiger partial charge in [-0.15, -0.1) is 0 Å². The van der Waals surface area contributed by atoms with Crippen molar-refractivity contribution in [2.75, 3.05) is 6.61 Å². The van der Waals surface area contributed by atoms with Crippen LogP contribution in [0.25, 0.3) is 11.0 Å². The van der Waals surface area contributed by atoms with Crippen LogP contribution in [-0.2, 0) is 5.54 Å². The fraction of sp³-hybridized carbons (Fsp3) is 0.462. The molecule has 0 bridgehead atoms. The number of benzene rings is 1. The molecule has 1 aromatic carbocycles. The van der Waals surface area contributed by atoms with E-state index in [0.29, 0.717) is 6.61 Å². The molecular weight excluding hydrogens is 200 g/mol. The standard InChI is InChI=1S/C13H18N2O/c1-5-16-10-6-7-11-12(8-10)15(9-14-11)13(2,3)4/h6-9H,5H2,1-4H3. The van der Waals surface area contributed by atoms with E-state index in [-0.39, 0.29) is 5.54 Å². The van der Waals surface area contributed by atoms with Crippen LogP contribution in [0, 0.1) is 0 Å². The predicted octanol–water partition coefficient (Wildman–Crippen LogP) is 3.19. The zero-order valence-electron chi connectivity index (χ0n) is 10.3. The maximum atomic E-state index is 5.51. The Morgan fingerprint density at radius 2 is 2.06 bits per heavy atom. The predicted molar refractivity (Wildman–Crippen MR) is 65.9 cm³/mol.